The Morgan fingerprint density at radius 1 is 1.00 bits per heavy atom. The molecule has 3 aliphatic heterocycles. The molecule has 2 aromatic rings. The summed E-state index contributed by atoms with van der Waals surface area (Å²) in [5, 5.41) is 0. The molecular formula is C21H20N2O3. The van der Waals surface area contributed by atoms with E-state index < -0.39 is 11.1 Å². The van der Waals surface area contributed by atoms with Crippen molar-refractivity contribution in [3.63, 3.8) is 0 Å². The number of carbonyl (C=O) groups is 2. The molecule has 1 spiro atoms. The van der Waals surface area contributed by atoms with E-state index in [1.807, 2.05) is 54.6 Å². The van der Waals surface area contributed by atoms with Crippen molar-refractivity contribution < 1.29 is 14.3 Å². The molecule has 5 nitrogen and oxygen atoms in total. The third-order valence-corrected chi connectivity index (χ3v) is 6.12. The van der Waals surface area contributed by atoms with E-state index in [1.54, 1.807) is 16.8 Å². The van der Waals surface area contributed by atoms with Gasteiger partial charge in [-0.25, -0.2) is 0 Å². The van der Waals surface area contributed by atoms with Crippen LogP contribution in [0.3, 0.4) is 0 Å². The molecule has 2 atom stereocenters. The molecule has 2 saturated heterocycles. The van der Waals surface area contributed by atoms with Crippen molar-refractivity contribution in [2.45, 2.75) is 24.0 Å². The molecule has 26 heavy (non-hydrogen) atoms. The van der Waals surface area contributed by atoms with E-state index in [0.29, 0.717) is 13.0 Å². The van der Waals surface area contributed by atoms with Gasteiger partial charge in [0.25, 0.3) is 5.91 Å². The fourth-order valence-corrected chi connectivity index (χ4v) is 5.01. The van der Waals surface area contributed by atoms with Crippen molar-refractivity contribution in [1.29, 1.82) is 0 Å². The molecule has 2 amide bonds. The van der Waals surface area contributed by atoms with Crippen LogP contribution >= 0.6 is 0 Å². The number of amides is 2. The molecule has 0 aliphatic carbocycles. The molecule has 5 heteroatoms. The van der Waals surface area contributed by atoms with Gasteiger partial charge in [-0.3, -0.25) is 9.59 Å². The highest BCUT2D eigenvalue weighted by Crippen LogP contribution is 2.61. The Labute approximate surface area is 152 Å². The number of rotatable bonds is 1. The molecule has 132 valence electrons. The number of likely N-dealkylation sites (N-methyl/N-ethyl adjacent to an activating group) is 1. The number of para-hydroxylation sites is 1. The highest BCUT2D eigenvalue weighted by Gasteiger charge is 2.75. The lowest BCUT2D eigenvalue weighted by molar-refractivity contribution is -0.214. The van der Waals surface area contributed by atoms with Crippen molar-refractivity contribution in [3.8, 4) is 0 Å². The predicted molar refractivity (Wildman–Crippen MR) is 96.7 cm³/mol. The van der Waals surface area contributed by atoms with Crippen LogP contribution in [-0.2, 0) is 19.9 Å². The Morgan fingerprint density at radius 2 is 1.73 bits per heavy atom. The summed E-state index contributed by atoms with van der Waals surface area (Å²) in [6, 6.07) is 17.9. The first-order valence-electron chi connectivity index (χ1n) is 9.00. The summed E-state index contributed by atoms with van der Waals surface area (Å²) < 4.78 is 6.18. The predicted octanol–water partition coefficient (Wildman–Crippen LogP) is 2.30. The number of hydrogen-bond donors (Lipinski definition) is 0. The third-order valence-electron chi connectivity index (χ3n) is 6.12. The van der Waals surface area contributed by atoms with Crippen molar-refractivity contribution in [2.75, 3.05) is 25.1 Å². The van der Waals surface area contributed by atoms with Crippen LogP contribution < -0.4 is 4.90 Å². The van der Waals surface area contributed by atoms with E-state index in [2.05, 4.69) is 0 Å². The summed E-state index contributed by atoms with van der Waals surface area (Å²) in [6.45, 7) is 0.629. The lowest BCUT2D eigenvalue weighted by atomic mass is 9.60. The zero-order valence-electron chi connectivity index (χ0n) is 14.6. The Hall–Kier alpha value is -2.66. The number of hydrogen-bond acceptors (Lipinski definition) is 3. The number of ether oxygens (including phenoxy) is 1. The topological polar surface area (TPSA) is 49.9 Å². The Morgan fingerprint density at radius 3 is 2.46 bits per heavy atom. The molecular weight excluding hydrogens is 328 g/mol. The van der Waals surface area contributed by atoms with Gasteiger partial charge in [0.05, 0.1) is 0 Å². The van der Waals surface area contributed by atoms with Crippen LogP contribution in [0, 0.1) is 0 Å². The van der Waals surface area contributed by atoms with E-state index in [-0.39, 0.29) is 18.4 Å². The van der Waals surface area contributed by atoms with E-state index >= 15 is 0 Å². The first-order valence-corrected chi connectivity index (χ1v) is 9.00. The Bertz CT molecular complexity index is 904. The largest absolute Gasteiger partial charge is 0.362 e. The van der Waals surface area contributed by atoms with Crippen LogP contribution in [0.1, 0.15) is 24.0 Å². The van der Waals surface area contributed by atoms with E-state index in [1.165, 1.54) is 0 Å². The summed E-state index contributed by atoms with van der Waals surface area (Å²) in [4.78, 5) is 29.4. The smallest absolute Gasteiger partial charge is 0.259 e. The minimum atomic E-state index is -0.921. The Kier molecular flexibility index (Phi) is 3.10. The average Bonchev–Trinajstić information content (AvgIpc) is 3.17. The van der Waals surface area contributed by atoms with Gasteiger partial charge in [-0.05, 0) is 24.5 Å². The lowest BCUT2D eigenvalue weighted by Gasteiger charge is -2.62. The maximum atomic E-state index is 13.2. The van der Waals surface area contributed by atoms with Gasteiger partial charge >= 0.3 is 0 Å². The van der Waals surface area contributed by atoms with Gasteiger partial charge in [-0.2, -0.15) is 0 Å². The molecule has 0 saturated carbocycles. The number of carbonyl (C=O) groups excluding carboxylic acids is 2. The highest BCUT2D eigenvalue weighted by atomic mass is 16.5. The van der Waals surface area contributed by atoms with Gasteiger partial charge in [0.15, 0.2) is 5.60 Å². The van der Waals surface area contributed by atoms with Crippen LogP contribution in [-0.4, -0.2) is 42.5 Å². The number of anilines is 1. The van der Waals surface area contributed by atoms with Gasteiger partial charge in [-0.15, -0.1) is 0 Å². The van der Waals surface area contributed by atoms with Crippen molar-refractivity contribution in [2.24, 2.45) is 0 Å². The second kappa shape index (κ2) is 5.17. The van der Waals surface area contributed by atoms with Crippen molar-refractivity contribution in [1.82, 2.24) is 4.90 Å². The van der Waals surface area contributed by atoms with E-state index in [0.717, 1.165) is 23.2 Å². The monoisotopic (exact) mass is 348 g/mol. The van der Waals surface area contributed by atoms with Crippen molar-refractivity contribution >= 4 is 17.5 Å². The van der Waals surface area contributed by atoms with Gasteiger partial charge in [0, 0.05) is 24.9 Å². The van der Waals surface area contributed by atoms with Gasteiger partial charge in [-0.1, -0.05) is 48.5 Å². The molecule has 0 unspecified atom stereocenters. The summed E-state index contributed by atoms with van der Waals surface area (Å²) in [7, 11) is 1.78. The molecule has 0 N–H and O–H groups in total. The molecule has 5 rings (SSSR count). The quantitative estimate of drug-likeness (QED) is 0.743. The minimum absolute atomic E-state index is 0.0595. The summed E-state index contributed by atoms with van der Waals surface area (Å²) in [6.07, 6.45) is 1.52. The lowest BCUT2D eigenvalue weighted by Crippen LogP contribution is -2.80. The molecule has 2 fully saturated rings. The second-order valence-electron chi connectivity index (χ2n) is 7.22. The fourth-order valence-electron chi connectivity index (χ4n) is 5.01. The highest BCUT2D eigenvalue weighted by molar-refractivity contribution is 6.06. The summed E-state index contributed by atoms with van der Waals surface area (Å²) in [5.74, 6) is -0.159. The molecule has 0 aromatic heterocycles. The van der Waals surface area contributed by atoms with Gasteiger partial charge < -0.3 is 14.5 Å². The summed E-state index contributed by atoms with van der Waals surface area (Å²) >= 11 is 0. The number of fused-ring (bicyclic) bond motifs is 4. The Balaban J connectivity index is 1.88. The number of benzene rings is 2. The van der Waals surface area contributed by atoms with Crippen LogP contribution in [0.4, 0.5) is 5.69 Å². The molecule has 0 bridgehead atoms. The molecule has 0 radical (unpaired) electrons. The third kappa shape index (κ3) is 1.60. The van der Waals surface area contributed by atoms with Gasteiger partial charge in [0.2, 0.25) is 5.91 Å². The normalized spacial score (nSPS) is 30.0. The summed E-state index contributed by atoms with van der Waals surface area (Å²) in [5.41, 5.74) is 1.11. The standard InChI is InChI=1S/C21H20N2O3/c1-22-17-11-6-5-10-16(17)21(15-8-3-2-4-9-15)20(12-7-13-26-20)19(25)23(21)14-18(22)24/h2-6,8-11H,7,12-14H2,1H3/t20-,21+/m1/s1. The first-order chi connectivity index (χ1) is 12.6. The maximum absolute atomic E-state index is 13.2. The fraction of sp³-hybridized carbons (Fsp3) is 0.333. The van der Waals surface area contributed by atoms with Crippen LogP contribution in [0.2, 0.25) is 0 Å². The second-order valence-corrected chi connectivity index (χ2v) is 7.22. The SMILES string of the molecule is CN1C(=O)CN2C(=O)[C@]3(CCCO3)[C@]2(c2ccccc2)c2ccccc21. The zero-order valence-corrected chi connectivity index (χ0v) is 14.6. The van der Waals surface area contributed by atoms with E-state index in [9.17, 15) is 9.59 Å². The minimum Gasteiger partial charge on any atom is -0.362 e. The first kappa shape index (κ1) is 15.6. The van der Waals surface area contributed by atoms with Crippen LogP contribution in [0.5, 0.6) is 0 Å². The molecule has 2 aromatic carbocycles. The van der Waals surface area contributed by atoms with Crippen molar-refractivity contribution in [3.05, 3.63) is 65.7 Å². The molecule has 3 aliphatic rings. The number of β-lactam (4-membered cyclic amide) rings is 1. The number of nitrogens with zero attached hydrogens (tertiary/aromatic N) is 2. The van der Waals surface area contributed by atoms with Crippen LogP contribution in [0.25, 0.3) is 0 Å². The molecule has 3 heterocycles. The van der Waals surface area contributed by atoms with Gasteiger partial charge in [0.1, 0.15) is 12.1 Å². The van der Waals surface area contributed by atoms with E-state index in [4.69, 9.17) is 4.74 Å². The average molecular weight is 348 g/mol. The maximum Gasteiger partial charge on any atom is 0.259 e. The zero-order chi connectivity index (χ0) is 17.9. The van der Waals surface area contributed by atoms with Crippen LogP contribution in [0.15, 0.2) is 54.6 Å².